The van der Waals surface area contributed by atoms with E-state index in [1.54, 1.807) is 0 Å². The Morgan fingerprint density at radius 3 is 1.05 bits per heavy atom. The van der Waals surface area contributed by atoms with E-state index in [1.807, 2.05) is 0 Å². The maximum atomic E-state index is 7.37. The maximum Gasteiger partial charge on any atom is 0.622 e. The molecule has 4 heteroatoms. The Hall–Kier alpha value is 0.742. The second-order valence-electron chi connectivity index (χ2n) is 10.0. The molecule has 0 aliphatic carbocycles. The minimum Gasteiger partial charge on any atom is -0.348 e. The molecule has 2 saturated heterocycles. The molecule has 0 radical (unpaired) electrons. The van der Waals surface area contributed by atoms with Gasteiger partial charge in [-0.05, 0) is 116 Å². The van der Waals surface area contributed by atoms with Crippen LogP contribution in [0.15, 0.2) is 0 Å². The van der Waals surface area contributed by atoms with E-state index < -0.39 is 13.7 Å². The van der Waals surface area contributed by atoms with Crippen LogP contribution >= 0.6 is 10.0 Å². The Morgan fingerprint density at radius 1 is 0.591 bits per heavy atom. The Labute approximate surface area is 147 Å². The molecule has 128 valence electrons. The molecular formula is C18H36AlClN2. The molecule has 0 N–H and O–H groups in total. The highest BCUT2D eigenvalue weighted by Gasteiger charge is 2.56. The first-order valence-corrected chi connectivity index (χ1v) is 11.8. The van der Waals surface area contributed by atoms with Gasteiger partial charge in [-0.2, -0.15) is 0 Å². The van der Waals surface area contributed by atoms with Crippen LogP contribution in [0.2, 0.25) is 0 Å². The largest absolute Gasteiger partial charge is 0.622 e. The average Bonchev–Trinajstić information content (AvgIpc) is 2.22. The third-order valence-corrected chi connectivity index (χ3v) is 11.0. The Balaban J connectivity index is 2.40. The molecule has 22 heavy (non-hydrogen) atoms. The molecule has 2 aliphatic rings. The highest BCUT2D eigenvalue weighted by molar-refractivity contribution is 7.03. The van der Waals surface area contributed by atoms with Crippen molar-refractivity contribution < 1.29 is 0 Å². The lowest BCUT2D eigenvalue weighted by Gasteiger charge is -2.62. The van der Waals surface area contributed by atoms with Crippen LogP contribution in [-0.2, 0) is 0 Å². The minimum absolute atomic E-state index is 0.212. The Morgan fingerprint density at radius 2 is 0.818 bits per heavy atom. The van der Waals surface area contributed by atoms with E-state index in [0.29, 0.717) is 0 Å². The van der Waals surface area contributed by atoms with Crippen molar-refractivity contribution in [2.24, 2.45) is 0 Å². The Bertz CT molecular complexity index is 347. The fourth-order valence-corrected chi connectivity index (χ4v) is 11.5. The first-order valence-electron chi connectivity index (χ1n) is 9.04. The van der Waals surface area contributed by atoms with Crippen LogP contribution in [0.3, 0.4) is 0 Å². The maximum absolute atomic E-state index is 7.37. The second-order valence-corrected chi connectivity index (χ2v) is 12.8. The fraction of sp³-hybridized carbons (Fsp3) is 1.00. The van der Waals surface area contributed by atoms with Crippen LogP contribution in [0.25, 0.3) is 0 Å². The van der Waals surface area contributed by atoms with Gasteiger partial charge < -0.3 is 7.77 Å². The number of piperidine rings is 2. The van der Waals surface area contributed by atoms with Gasteiger partial charge >= 0.3 is 13.7 Å². The lowest BCUT2D eigenvalue weighted by atomic mass is 9.82. The summed E-state index contributed by atoms with van der Waals surface area (Å²) in [4.78, 5) is 0. The quantitative estimate of drug-likeness (QED) is 0.628. The predicted octanol–water partition coefficient (Wildman–Crippen LogP) is 5.30. The molecule has 0 atom stereocenters. The summed E-state index contributed by atoms with van der Waals surface area (Å²) in [5.41, 5.74) is 0.849. The summed E-state index contributed by atoms with van der Waals surface area (Å²) in [5, 5.41) is 0. The van der Waals surface area contributed by atoms with Crippen molar-refractivity contribution in [3.8, 4) is 0 Å². The van der Waals surface area contributed by atoms with E-state index in [0.717, 1.165) is 0 Å². The Kier molecular flexibility index (Phi) is 5.13. The number of rotatable bonds is 2. The predicted molar refractivity (Wildman–Crippen MR) is 99.3 cm³/mol. The summed E-state index contributed by atoms with van der Waals surface area (Å²) in [7, 11) is 7.37. The molecular weight excluding hydrogens is 307 g/mol. The summed E-state index contributed by atoms with van der Waals surface area (Å²) in [6, 6.07) is 0. The second kappa shape index (κ2) is 5.92. The van der Waals surface area contributed by atoms with Crippen LogP contribution in [0.1, 0.15) is 93.9 Å². The van der Waals surface area contributed by atoms with Gasteiger partial charge in [-0.3, -0.25) is 0 Å². The zero-order valence-corrected chi connectivity index (χ0v) is 18.0. The van der Waals surface area contributed by atoms with E-state index in [1.165, 1.54) is 38.5 Å². The van der Waals surface area contributed by atoms with E-state index in [9.17, 15) is 0 Å². The van der Waals surface area contributed by atoms with Gasteiger partial charge in [0.1, 0.15) is 0 Å². The summed E-state index contributed by atoms with van der Waals surface area (Å²) < 4.78 is 5.47. The molecule has 0 saturated carbocycles. The summed E-state index contributed by atoms with van der Waals surface area (Å²) in [6.45, 7) is 19.2. The monoisotopic (exact) mass is 342 g/mol. The highest BCUT2D eigenvalue weighted by atomic mass is 35.6. The third kappa shape index (κ3) is 3.40. The van der Waals surface area contributed by atoms with Crippen molar-refractivity contribution in [1.29, 1.82) is 0 Å². The van der Waals surface area contributed by atoms with Crippen molar-refractivity contribution in [2.45, 2.75) is 116 Å². The van der Waals surface area contributed by atoms with Crippen LogP contribution in [0.4, 0.5) is 0 Å². The van der Waals surface area contributed by atoms with Gasteiger partial charge in [-0.15, -0.1) is 0 Å². The van der Waals surface area contributed by atoms with E-state index in [2.05, 4.69) is 63.2 Å². The lowest BCUT2D eigenvalue weighted by molar-refractivity contribution is 0.000179. The molecule has 2 heterocycles. The molecule has 0 aromatic carbocycles. The molecule has 0 spiro atoms. The SMILES string of the molecule is CC1(C)CCCC(C)(C)[N]1[Al]([Cl])[N]1C(C)(C)CCCC1(C)C. The van der Waals surface area contributed by atoms with Gasteiger partial charge in [-0.25, -0.2) is 10.0 Å². The van der Waals surface area contributed by atoms with Gasteiger partial charge in [0, 0.05) is 0 Å². The molecule has 0 bridgehead atoms. The van der Waals surface area contributed by atoms with Gasteiger partial charge in [0.15, 0.2) is 0 Å². The molecule has 0 amide bonds. The van der Waals surface area contributed by atoms with Gasteiger partial charge in [0.05, 0.1) is 0 Å². The molecule has 0 aromatic heterocycles. The van der Waals surface area contributed by atoms with Crippen LogP contribution < -0.4 is 0 Å². The minimum atomic E-state index is -1.73. The topological polar surface area (TPSA) is 6.48 Å². The zero-order chi connectivity index (χ0) is 17.0. The summed E-state index contributed by atoms with van der Waals surface area (Å²) >= 11 is -1.73. The molecule has 2 rings (SSSR count). The molecule has 0 unspecified atom stereocenters. The smallest absolute Gasteiger partial charge is 0.348 e. The standard InChI is InChI=1S/2C9H18N.Al.ClH/c2*1-8(2)6-5-7-9(3,4)10-8;;/h2*5-7H2,1-4H3;;1H/q2*-1;+3;/p-1. The van der Waals surface area contributed by atoms with Gasteiger partial charge in [-0.1, -0.05) is 0 Å². The van der Waals surface area contributed by atoms with Crippen molar-refractivity contribution >= 4 is 23.7 Å². The third-order valence-electron chi connectivity index (χ3n) is 6.19. The first kappa shape index (κ1) is 19.1. The number of halogens is 1. The first-order chi connectivity index (χ1) is 9.81. The van der Waals surface area contributed by atoms with Crippen molar-refractivity contribution in [1.82, 2.24) is 7.77 Å². The summed E-state index contributed by atoms with van der Waals surface area (Å²) in [5.74, 6) is 0. The van der Waals surface area contributed by atoms with Crippen LogP contribution in [0.5, 0.6) is 0 Å². The lowest BCUT2D eigenvalue weighted by Crippen LogP contribution is -2.73. The molecule has 2 fully saturated rings. The highest BCUT2D eigenvalue weighted by Crippen LogP contribution is 2.46. The molecule has 0 aromatic rings. The van der Waals surface area contributed by atoms with E-state index in [4.69, 9.17) is 10.0 Å². The van der Waals surface area contributed by atoms with Crippen LogP contribution in [-0.4, -0.2) is 43.6 Å². The van der Waals surface area contributed by atoms with Crippen molar-refractivity contribution in [2.75, 3.05) is 0 Å². The van der Waals surface area contributed by atoms with E-state index in [-0.39, 0.29) is 22.2 Å². The average molecular weight is 343 g/mol. The van der Waals surface area contributed by atoms with Crippen molar-refractivity contribution in [3.63, 3.8) is 0 Å². The van der Waals surface area contributed by atoms with Crippen molar-refractivity contribution in [3.05, 3.63) is 0 Å². The molecule has 2 nitrogen and oxygen atoms in total. The fourth-order valence-electron chi connectivity index (χ4n) is 5.30. The van der Waals surface area contributed by atoms with Gasteiger partial charge in [0.25, 0.3) is 0 Å². The molecule has 2 aliphatic heterocycles. The zero-order valence-electron chi connectivity index (χ0n) is 16.1. The number of hydrogen-bond acceptors (Lipinski definition) is 2. The normalized spacial score (nSPS) is 31.0. The van der Waals surface area contributed by atoms with Gasteiger partial charge in [0.2, 0.25) is 0 Å². The number of hydrogen-bond donors (Lipinski definition) is 0. The number of nitrogens with zero attached hydrogens (tertiary/aromatic N) is 2. The van der Waals surface area contributed by atoms with Crippen LogP contribution in [0, 0.1) is 0 Å². The summed E-state index contributed by atoms with van der Waals surface area (Å²) in [6.07, 6.45) is 7.70. The van der Waals surface area contributed by atoms with E-state index >= 15 is 0 Å².